The van der Waals surface area contributed by atoms with E-state index in [1.165, 1.54) is 0 Å². The van der Waals surface area contributed by atoms with Gasteiger partial charge in [-0.05, 0) is 39.5 Å². The number of ether oxygens (including phenoxy) is 2. The molecule has 6 nitrogen and oxygen atoms in total. The van der Waals surface area contributed by atoms with Crippen LogP contribution in [0.25, 0.3) is 0 Å². The van der Waals surface area contributed by atoms with E-state index in [1.54, 1.807) is 13.8 Å². The van der Waals surface area contributed by atoms with Crippen molar-refractivity contribution in [1.82, 2.24) is 0 Å². The molecular formula is C15H22O6. The lowest BCUT2D eigenvalue weighted by Crippen LogP contribution is -2.40. The van der Waals surface area contributed by atoms with Crippen molar-refractivity contribution in [3.63, 3.8) is 0 Å². The van der Waals surface area contributed by atoms with Gasteiger partial charge in [-0.3, -0.25) is 14.4 Å². The van der Waals surface area contributed by atoms with Gasteiger partial charge in [-0.25, -0.2) is 0 Å². The van der Waals surface area contributed by atoms with Crippen LogP contribution in [-0.2, 0) is 23.9 Å². The number of carbonyl (C=O) groups is 3. The van der Waals surface area contributed by atoms with Crippen LogP contribution in [0.4, 0.5) is 0 Å². The van der Waals surface area contributed by atoms with E-state index in [1.807, 2.05) is 12.2 Å². The normalized spacial score (nSPS) is 22.4. The molecule has 0 heterocycles. The zero-order valence-electron chi connectivity index (χ0n) is 12.5. The van der Waals surface area contributed by atoms with Gasteiger partial charge in [0.2, 0.25) is 0 Å². The van der Waals surface area contributed by atoms with Gasteiger partial charge in [-0.15, -0.1) is 0 Å². The number of hydrogen-bond acceptors (Lipinski definition) is 5. The smallest absolute Gasteiger partial charge is 0.320 e. The quantitative estimate of drug-likeness (QED) is 0.439. The molecule has 0 radical (unpaired) electrons. The molecule has 1 N–H and O–H groups in total. The minimum atomic E-state index is -1.35. The molecule has 1 unspecified atom stereocenters. The Labute approximate surface area is 124 Å². The highest BCUT2D eigenvalue weighted by molar-refractivity contribution is 5.94. The SMILES string of the molecule is CCOC(=O)C(C[C@]1(C(=O)OCC)CC=CCC1)C(=O)O. The third-order valence-electron chi connectivity index (χ3n) is 3.64. The third-order valence-corrected chi connectivity index (χ3v) is 3.64. The van der Waals surface area contributed by atoms with E-state index in [-0.39, 0.29) is 19.6 Å². The first-order chi connectivity index (χ1) is 9.96. The fourth-order valence-electron chi connectivity index (χ4n) is 2.53. The van der Waals surface area contributed by atoms with Crippen LogP contribution in [0.2, 0.25) is 0 Å². The number of hydrogen-bond donors (Lipinski definition) is 1. The van der Waals surface area contributed by atoms with Crippen molar-refractivity contribution in [2.45, 2.75) is 39.5 Å². The summed E-state index contributed by atoms with van der Waals surface area (Å²) < 4.78 is 9.89. The Morgan fingerprint density at radius 2 is 1.86 bits per heavy atom. The second kappa shape index (κ2) is 7.81. The molecule has 118 valence electrons. The highest BCUT2D eigenvalue weighted by atomic mass is 16.5. The lowest BCUT2D eigenvalue weighted by Gasteiger charge is -2.33. The molecule has 0 aromatic carbocycles. The standard InChI is InChI=1S/C15H22O6/c1-3-20-13(18)11(12(16)17)10-15(14(19)21-4-2)8-6-5-7-9-15/h5-6,11H,3-4,7-10H2,1-2H3,(H,16,17)/t11?,15-/m0/s1. The van der Waals surface area contributed by atoms with Gasteiger partial charge in [0.1, 0.15) is 0 Å². The number of allylic oxidation sites excluding steroid dienone is 2. The van der Waals surface area contributed by atoms with Crippen molar-refractivity contribution < 1.29 is 29.0 Å². The summed E-state index contributed by atoms with van der Waals surface area (Å²) in [5.74, 6) is -3.86. The molecule has 0 bridgehead atoms. The van der Waals surface area contributed by atoms with Gasteiger partial charge in [0.05, 0.1) is 18.6 Å². The molecule has 2 atom stereocenters. The topological polar surface area (TPSA) is 89.9 Å². The van der Waals surface area contributed by atoms with Gasteiger partial charge >= 0.3 is 17.9 Å². The summed E-state index contributed by atoms with van der Waals surface area (Å²) in [5.41, 5.74) is -0.958. The number of esters is 2. The predicted molar refractivity (Wildman–Crippen MR) is 74.4 cm³/mol. The zero-order valence-corrected chi connectivity index (χ0v) is 12.5. The molecule has 1 rings (SSSR count). The molecule has 0 saturated heterocycles. The Kier molecular flexibility index (Phi) is 6.39. The lowest BCUT2D eigenvalue weighted by atomic mass is 9.71. The largest absolute Gasteiger partial charge is 0.481 e. The van der Waals surface area contributed by atoms with Crippen molar-refractivity contribution in [1.29, 1.82) is 0 Å². The van der Waals surface area contributed by atoms with Crippen LogP contribution in [0.5, 0.6) is 0 Å². The number of rotatable bonds is 7. The maximum absolute atomic E-state index is 12.3. The van der Waals surface area contributed by atoms with Crippen LogP contribution in [0.15, 0.2) is 12.2 Å². The lowest BCUT2D eigenvalue weighted by molar-refractivity contribution is -0.165. The van der Waals surface area contributed by atoms with Crippen molar-refractivity contribution in [3.05, 3.63) is 12.2 Å². The van der Waals surface area contributed by atoms with E-state index >= 15 is 0 Å². The molecule has 0 amide bonds. The average molecular weight is 298 g/mol. The van der Waals surface area contributed by atoms with Crippen LogP contribution in [0.3, 0.4) is 0 Å². The molecule has 0 aliphatic heterocycles. The van der Waals surface area contributed by atoms with E-state index in [0.717, 1.165) is 0 Å². The maximum atomic E-state index is 12.3. The molecule has 1 aliphatic rings. The molecule has 1 aliphatic carbocycles. The zero-order chi connectivity index (χ0) is 15.9. The summed E-state index contributed by atoms with van der Waals surface area (Å²) in [5, 5.41) is 9.26. The van der Waals surface area contributed by atoms with Crippen LogP contribution in [-0.4, -0.2) is 36.2 Å². The fraction of sp³-hybridized carbons (Fsp3) is 0.667. The maximum Gasteiger partial charge on any atom is 0.320 e. The van der Waals surface area contributed by atoms with Gasteiger partial charge in [-0.1, -0.05) is 12.2 Å². The molecule has 0 aromatic heterocycles. The van der Waals surface area contributed by atoms with Crippen LogP contribution in [0.1, 0.15) is 39.5 Å². The highest BCUT2D eigenvalue weighted by Crippen LogP contribution is 2.40. The van der Waals surface area contributed by atoms with Crippen molar-refractivity contribution in [2.24, 2.45) is 11.3 Å². The first-order valence-corrected chi connectivity index (χ1v) is 7.18. The second-order valence-corrected chi connectivity index (χ2v) is 5.06. The monoisotopic (exact) mass is 298 g/mol. The third kappa shape index (κ3) is 4.31. The molecular weight excluding hydrogens is 276 g/mol. The summed E-state index contributed by atoms with van der Waals surface area (Å²) in [7, 11) is 0. The Hall–Kier alpha value is -1.85. The molecule has 0 fully saturated rings. The number of carboxylic acid groups (broad SMARTS) is 1. The molecule has 6 heteroatoms. The van der Waals surface area contributed by atoms with E-state index in [0.29, 0.717) is 19.3 Å². The summed E-state index contributed by atoms with van der Waals surface area (Å²) >= 11 is 0. The van der Waals surface area contributed by atoms with Crippen LogP contribution < -0.4 is 0 Å². The number of aliphatic carboxylic acids is 1. The Bertz CT molecular complexity index is 428. The molecule has 0 spiro atoms. The molecule has 0 aromatic rings. The van der Waals surface area contributed by atoms with Gasteiger partial charge in [0, 0.05) is 0 Å². The first-order valence-electron chi connectivity index (χ1n) is 7.18. The second-order valence-electron chi connectivity index (χ2n) is 5.06. The van der Waals surface area contributed by atoms with Gasteiger partial charge in [0.25, 0.3) is 0 Å². The summed E-state index contributed by atoms with van der Waals surface area (Å²) in [4.78, 5) is 35.4. The minimum Gasteiger partial charge on any atom is -0.481 e. The van der Waals surface area contributed by atoms with E-state index in [2.05, 4.69) is 0 Å². The number of carbonyl (C=O) groups excluding carboxylic acids is 2. The van der Waals surface area contributed by atoms with E-state index < -0.39 is 29.2 Å². The predicted octanol–water partition coefficient (Wildman–Crippen LogP) is 1.93. The summed E-state index contributed by atoms with van der Waals surface area (Å²) in [6.45, 7) is 3.64. The van der Waals surface area contributed by atoms with Crippen LogP contribution >= 0.6 is 0 Å². The summed E-state index contributed by atoms with van der Waals surface area (Å²) in [6.07, 6.45) is 5.21. The van der Waals surface area contributed by atoms with Gasteiger partial charge in [0.15, 0.2) is 5.92 Å². The fourth-order valence-corrected chi connectivity index (χ4v) is 2.53. The van der Waals surface area contributed by atoms with Gasteiger partial charge < -0.3 is 14.6 Å². The van der Waals surface area contributed by atoms with E-state index in [9.17, 15) is 19.5 Å². The van der Waals surface area contributed by atoms with Crippen molar-refractivity contribution >= 4 is 17.9 Å². The average Bonchev–Trinajstić information content (AvgIpc) is 2.46. The van der Waals surface area contributed by atoms with E-state index in [4.69, 9.17) is 9.47 Å². The Morgan fingerprint density at radius 3 is 2.33 bits per heavy atom. The van der Waals surface area contributed by atoms with Crippen molar-refractivity contribution in [2.75, 3.05) is 13.2 Å². The summed E-state index contributed by atoms with van der Waals surface area (Å²) in [6, 6.07) is 0. The molecule has 21 heavy (non-hydrogen) atoms. The Morgan fingerprint density at radius 1 is 1.19 bits per heavy atom. The number of carboxylic acids is 1. The first kappa shape index (κ1) is 17.2. The van der Waals surface area contributed by atoms with Gasteiger partial charge in [-0.2, -0.15) is 0 Å². The Balaban J connectivity index is 2.97. The molecule has 0 saturated carbocycles. The highest BCUT2D eigenvalue weighted by Gasteiger charge is 2.45. The van der Waals surface area contributed by atoms with Crippen LogP contribution in [0, 0.1) is 11.3 Å². The minimum absolute atomic E-state index is 0.0929. The van der Waals surface area contributed by atoms with Crippen molar-refractivity contribution in [3.8, 4) is 0 Å².